The van der Waals surface area contributed by atoms with Crippen LogP contribution in [0.4, 0.5) is 0 Å². The van der Waals surface area contributed by atoms with Gasteiger partial charge in [-0.1, -0.05) is 47.6 Å². The molecule has 0 bridgehead atoms. The van der Waals surface area contributed by atoms with Gasteiger partial charge in [0.1, 0.15) is 0 Å². The predicted molar refractivity (Wildman–Crippen MR) is 70.4 cm³/mol. The molecule has 1 aromatic carbocycles. The van der Waals surface area contributed by atoms with Crippen molar-refractivity contribution in [3.63, 3.8) is 0 Å². The van der Waals surface area contributed by atoms with Gasteiger partial charge >= 0.3 is 0 Å². The molecule has 1 aromatic rings. The lowest BCUT2D eigenvalue weighted by atomic mass is 9.92. The van der Waals surface area contributed by atoms with E-state index in [1.54, 1.807) is 12.1 Å². The van der Waals surface area contributed by atoms with Gasteiger partial charge in [0, 0.05) is 16.6 Å². The number of hydrogen-bond donors (Lipinski definition) is 1. The summed E-state index contributed by atoms with van der Waals surface area (Å²) in [6, 6.07) is 3.37. The molecular formula is C12H14Cl3N. The number of rotatable bonds is 2. The van der Waals surface area contributed by atoms with E-state index in [4.69, 9.17) is 40.5 Å². The summed E-state index contributed by atoms with van der Waals surface area (Å²) >= 11 is 18.3. The maximum absolute atomic E-state index is 6.24. The van der Waals surface area contributed by atoms with Crippen LogP contribution in [0.25, 0.3) is 0 Å². The molecule has 0 spiro atoms. The number of benzene rings is 1. The van der Waals surface area contributed by atoms with Crippen molar-refractivity contribution in [2.75, 3.05) is 0 Å². The molecule has 2 rings (SSSR count). The lowest BCUT2D eigenvalue weighted by Crippen LogP contribution is -2.20. The van der Waals surface area contributed by atoms with Crippen LogP contribution in [0.15, 0.2) is 12.1 Å². The average Bonchev–Trinajstić information content (AvgIpc) is 2.77. The number of halogens is 3. The predicted octanol–water partition coefficient (Wildman–Crippen LogP) is 4.84. The first-order valence-corrected chi connectivity index (χ1v) is 6.63. The van der Waals surface area contributed by atoms with Gasteiger partial charge in [0.25, 0.3) is 0 Å². The van der Waals surface area contributed by atoms with Crippen molar-refractivity contribution in [1.29, 1.82) is 0 Å². The second-order valence-corrected chi connectivity index (χ2v) is 5.52. The Morgan fingerprint density at radius 2 is 1.62 bits per heavy atom. The minimum absolute atomic E-state index is 0.0961. The topological polar surface area (TPSA) is 26.0 Å². The third kappa shape index (κ3) is 2.33. The van der Waals surface area contributed by atoms with E-state index in [0.717, 1.165) is 18.4 Å². The second kappa shape index (κ2) is 5.14. The molecule has 1 saturated carbocycles. The molecule has 0 heterocycles. The molecule has 1 atom stereocenters. The van der Waals surface area contributed by atoms with Crippen LogP contribution in [-0.4, -0.2) is 0 Å². The van der Waals surface area contributed by atoms with Gasteiger partial charge in [0.15, 0.2) is 0 Å². The number of hydrogen-bond acceptors (Lipinski definition) is 1. The molecule has 1 aliphatic carbocycles. The molecule has 0 aromatic heterocycles. The highest BCUT2D eigenvalue weighted by Gasteiger charge is 2.27. The zero-order chi connectivity index (χ0) is 11.7. The number of nitrogens with two attached hydrogens (primary N) is 1. The van der Waals surface area contributed by atoms with Crippen LogP contribution in [0.5, 0.6) is 0 Å². The van der Waals surface area contributed by atoms with Crippen molar-refractivity contribution in [1.82, 2.24) is 0 Å². The van der Waals surface area contributed by atoms with Crippen LogP contribution >= 0.6 is 34.8 Å². The van der Waals surface area contributed by atoms with E-state index < -0.39 is 0 Å². The zero-order valence-corrected chi connectivity index (χ0v) is 11.1. The first kappa shape index (κ1) is 12.5. The molecule has 4 heteroatoms. The Morgan fingerprint density at radius 3 is 2.25 bits per heavy atom. The van der Waals surface area contributed by atoms with Crippen LogP contribution in [-0.2, 0) is 0 Å². The van der Waals surface area contributed by atoms with Crippen LogP contribution < -0.4 is 5.73 Å². The Labute approximate surface area is 111 Å². The summed E-state index contributed by atoms with van der Waals surface area (Å²) in [4.78, 5) is 0. The van der Waals surface area contributed by atoms with E-state index in [2.05, 4.69) is 0 Å². The SMILES string of the molecule is N[C@H](c1c(Cl)ccc(Cl)c1Cl)C1CCCC1. The molecule has 0 saturated heterocycles. The van der Waals surface area contributed by atoms with Gasteiger partial charge in [-0.2, -0.15) is 0 Å². The Morgan fingerprint density at radius 1 is 1.06 bits per heavy atom. The van der Waals surface area contributed by atoms with E-state index in [1.165, 1.54) is 12.8 Å². The molecule has 16 heavy (non-hydrogen) atoms. The molecular weight excluding hydrogens is 264 g/mol. The fourth-order valence-corrected chi connectivity index (χ4v) is 3.19. The van der Waals surface area contributed by atoms with Gasteiger partial charge in [-0.25, -0.2) is 0 Å². The van der Waals surface area contributed by atoms with Crippen molar-refractivity contribution < 1.29 is 0 Å². The molecule has 0 amide bonds. The molecule has 2 N–H and O–H groups in total. The molecule has 88 valence electrons. The molecule has 0 unspecified atom stereocenters. The van der Waals surface area contributed by atoms with Gasteiger partial charge in [-0.05, 0) is 30.9 Å². The van der Waals surface area contributed by atoms with Crippen molar-refractivity contribution in [2.45, 2.75) is 31.7 Å². The molecule has 1 nitrogen and oxygen atoms in total. The first-order chi connectivity index (χ1) is 7.61. The molecule has 0 radical (unpaired) electrons. The summed E-state index contributed by atoms with van der Waals surface area (Å²) in [5, 5.41) is 1.65. The summed E-state index contributed by atoms with van der Waals surface area (Å²) in [5.41, 5.74) is 7.05. The van der Waals surface area contributed by atoms with Crippen molar-refractivity contribution in [2.24, 2.45) is 11.7 Å². The molecule has 1 aliphatic rings. The summed E-state index contributed by atoms with van der Waals surface area (Å²) in [5.74, 6) is 0.480. The normalized spacial score (nSPS) is 19.0. The van der Waals surface area contributed by atoms with E-state index in [-0.39, 0.29) is 6.04 Å². The van der Waals surface area contributed by atoms with Crippen molar-refractivity contribution >= 4 is 34.8 Å². The summed E-state index contributed by atoms with van der Waals surface area (Å²) in [7, 11) is 0. The van der Waals surface area contributed by atoms with Gasteiger partial charge in [0.2, 0.25) is 0 Å². The Bertz CT molecular complexity index is 386. The highest BCUT2D eigenvalue weighted by atomic mass is 35.5. The van der Waals surface area contributed by atoms with Gasteiger partial charge in [0.05, 0.1) is 10.0 Å². The average molecular weight is 279 g/mol. The van der Waals surface area contributed by atoms with Gasteiger partial charge in [-0.3, -0.25) is 0 Å². The Kier molecular flexibility index (Phi) is 4.01. The van der Waals surface area contributed by atoms with Gasteiger partial charge < -0.3 is 5.73 Å². The monoisotopic (exact) mass is 277 g/mol. The standard InChI is InChI=1S/C12H14Cl3N/c13-8-5-6-9(14)11(15)10(8)12(16)7-3-1-2-4-7/h5-7,12H,1-4,16H2/t12-/m0/s1. The summed E-state index contributed by atoms with van der Waals surface area (Å²) < 4.78 is 0. The fraction of sp³-hybridized carbons (Fsp3) is 0.500. The minimum Gasteiger partial charge on any atom is -0.324 e. The van der Waals surface area contributed by atoms with E-state index >= 15 is 0 Å². The maximum atomic E-state index is 6.24. The molecule has 1 fully saturated rings. The van der Waals surface area contributed by atoms with Crippen molar-refractivity contribution in [3.05, 3.63) is 32.8 Å². The Hall–Kier alpha value is 0.0500. The van der Waals surface area contributed by atoms with Crippen molar-refractivity contribution in [3.8, 4) is 0 Å². The first-order valence-electron chi connectivity index (χ1n) is 5.50. The van der Waals surface area contributed by atoms with Crippen LogP contribution in [0, 0.1) is 5.92 Å². The smallest absolute Gasteiger partial charge is 0.0655 e. The third-order valence-electron chi connectivity index (χ3n) is 3.32. The second-order valence-electron chi connectivity index (χ2n) is 4.33. The highest BCUT2D eigenvalue weighted by Crippen LogP contribution is 2.41. The highest BCUT2D eigenvalue weighted by molar-refractivity contribution is 6.44. The van der Waals surface area contributed by atoms with Crippen LogP contribution in [0.3, 0.4) is 0 Å². The zero-order valence-electron chi connectivity index (χ0n) is 8.85. The largest absolute Gasteiger partial charge is 0.324 e. The molecule has 0 aliphatic heterocycles. The quantitative estimate of drug-likeness (QED) is 0.770. The van der Waals surface area contributed by atoms with E-state index in [0.29, 0.717) is 21.0 Å². The van der Waals surface area contributed by atoms with Crippen LogP contribution in [0.2, 0.25) is 15.1 Å². The fourth-order valence-electron chi connectivity index (χ4n) is 2.40. The van der Waals surface area contributed by atoms with E-state index in [9.17, 15) is 0 Å². The minimum atomic E-state index is -0.0961. The van der Waals surface area contributed by atoms with Gasteiger partial charge in [-0.15, -0.1) is 0 Å². The third-order valence-corrected chi connectivity index (χ3v) is 4.47. The van der Waals surface area contributed by atoms with E-state index in [1.807, 2.05) is 0 Å². The Balaban J connectivity index is 2.34. The van der Waals surface area contributed by atoms with Crippen LogP contribution in [0.1, 0.15) is 37.3 Å². The summed E-state index contributed by atoms with van der Waals surface area (Å²) in [6.45, 7) is 0. The maximum Gasteiger partial charge on any atom is 0.0655 e. The lowest BCUT2D eigenvalue weighted by Gasteiger charge is -2.22. The lowest BCUT2D eigenvalue weighted by molar-refractivity contribution is 0.445. The summed E-state index contributed by atoms with van der Waals surface area (Å²) in [6.07, 6.45) is 4.79.